The molecule has 0 spiro atoms. The summed E-state index contributed by atoms with van der Waals surface area (Å²) in [6.07, 6.45) is 7.52. The van der Waals surface area contributed by atoms with Crippen LogP contribution in [0.5, 0.6) is 0 Å². The number of halogens is 1. The van der Waals surface area contributed by atoms with Crippen molar-refractivity contribution in [2.45, 2.75) is 38.4 Å². The zero-order valence-corrected chi connectivity index (χ0v) is 19.1. The van der Waals surface area contributed by atoms with E-state index in [4.69, 9.17) is 0 Å². The van der Waals surface area contributed by atoms with E-state index in [2.05, 4.69) is 68.4 Å². The second kappa shape index (κ2) is 9.75. The van der Waals surface area contributed by atoms with E-state index in [0.29, 0.717) is 6.54 Å². The molecule has 5 rings (SSSR count). The van der Waals surface area contributed by atoms with E-state index in [-0.39, 0.29) is 6.04 Å². The second-order valence-electron chi connectivity index (χ2n) is 8.81. The number of aryl methyl sites for hydroxylation is 1. The molecular weight excluding hydrogens is 415 g/mol. The number of fused-ring (bicyclic) bond motifs is 1. The van der Waals surface area contributed by atoms with E-state index in [1.54, 1.807) is 12.7 Å². The van der Waals surface area contributed by atoms with E-state index in [9.17, 15) is 0 Å². The van der Waals surface area contributed by atoms with Gasteiger partial charge in [-0.15, -0.1) is 10.2 Å². The highest BCUT2D eigenvalue weighted by atomic mass is 19.1. The Morgan fingerprint density at radius 3 is 2.70 bits per heavy atom. The predicted octanol–water partition coefficient (Wildman–Crippen LogP) is 4.62. The lowest BCUT2D eigenvalue weighted by Gasteiger charge is -2.41. The summed E-state index contributed by atoms with van der Waals surface area (Å²) in [4.78, 5) is 7.89. The number of hydrogen-bond donors (Lipinski definition) is 1. The van der Waals surface area contributed by atoms with Crippen LogP contribution in [0.15, 0.2) is 67.4 Å². The lowest BCUT2D eigenvalue weighted by molar-refractivity contribution is 0.115. The van der Waals surface area contributed by atoms with Crippen molar-refractivity contribution < 1.29 is 4.39 Å². The molecule has 1 N–H and O–H groups in total. The minimum atomic E-state index is -0.835. The maximum atomic E-state index is 15.2. The number of nitrogens with zero attached hydrogens (tertiary/aromatic N) is 5. The molecule has 7 heteroatoms. The van der Waals surface area contributed by atoms with Gasteiger partial charge >= 0.3 is 0 Å². The van der Waals surface area contributed by atoms with Crippen LogP contribution in [0, 0.1) is 0 Å². The van der Waals surface area contributed by atoms with Crippen molar-refractivity contribution in [3.8, 4) is 5.69 Å². The predicted molar refractivity (Wildman–Crippen MR) is 131 cm³/mol. The van der Waals surface area contributed by atoms with Gasteiger partial charge in [0, 0.05) is 48.1 Å². The number of aromatic amines is 1. The van der Waals surface area contributed by atoms with Crippen LogP contribution in [0.1, 0.15) is 25.3 Å². The molecule has 1 fully saturated rings. The number of nitrogens with one attached hydrogen (secondary N) is 1. The second-order valence-corrected chi connectivity index (χ2v) is 8.81. The average molecular weight is 447 g/mol. The number of aromatic nitrogens is 4. The number of para-hydroxylation sites is 1. The Morgan fingerprint density at radius 2 is 1.94 bits per heavy atom. The van der Waals surface area contributed by atoms with Crippen LogP contribution in [-0.4, -0.2) is 63.0 Å². The zero-order valence-electron chi connectivity index (χ0n) is 19.1. The molecule has 2 atom stereocenters. The molecule has 0 radical (unpaired) electrons. The first kappa shape index (κ1) is 21.6. The summed E-state index contributed by atoms with van der Waals surface area (Å²) in [5, 5.41) is 9.03. The van der Waals surface area contributed by atoms with Crippen molar-refractivity contribution in [1.29, 1.82) is 0 Å². The first-order valence-corrected chi connectivity index (χ1v) is 11.9. The molecule has 172 valence electrons. The lowest BCUT2D eigenvalue weighted by Crippen LogP contribution is -2.52. The smallest absolute Gasteiger partial charge is 0.133 e. The third-order valence-corrected chi connectivity index (χ3v) is 6.81. The van der Waals surface area contributed by atoms with Crippen molar-refractivity contribution >= 4 is 16.6 Å². The number of rotatable bonds is 8. The van der Waals surface area contributed by atoms with Crippen molar-refractivity contribution in [3.63, 3.8) is 0 Å². The summed E-state index contributed by atoms with van der Waals surface area (Å²) in [5.41, 5.74) is 4.60. The molecule has 2 aromatic carbocycles. The van der Waals surface area contributed by atoms with E-state index in [1.807, 2.05) is 22.8 Å². The van der Waals surface area contributed by atoms with Crippen LogP contribution in [0.25, 0.3) is 16.6 Å². The van der Waals surface area contributed by atoms with E-state index >= 15 is 4.39 Å². The highest BCUT2D eigenvalue weighted by Crippen LogP contribution is 2.26. The monoisotopic (exact) mass is 446 g/mol. The Hall–Kier alpha value is -3.19. The maximum Gasteiger partial charge on any atom is 0.133 e. The van der Waals surface area contributed by atoms with Gasteiger partial charge in [-0.25, -0.2) is 4.39 Å². The van der Waals surface area contributed by atoms with Gasteiger partial charge in [0.05, 0.1) is 6.04 Å². The van der Waals surface area contributed by atoms with Gasteiger partial charge in [0.1, 0.15) is 18.8 Å². The van der Waals surface area contributed by atoms with Gasteiger partial charge in [0.2, 0.25) is 0 Å². The minimum Gasteiger partial charge on any atom is -0.366 e. The van der Waals surface area contributed by atoms with Gasteiger partial charge in [-0.2, -0.15) is 0 Å². The lowest BCUT2D eigenvalue weighted by atomic mass is 9.99. The topological polar surface area (TPSA) is 53.0 Å². The number of likely N-dealkylation sites (tertiary alicyclic amines) is 1. The summed E-state index contributed by atoms with van der Waals surface area (Å²) in [6.45, 7) is 5.32. The van der Waals surface area contributed by atoms with Crippen LogP contribution >= 0.6 is 0 Å². The fourth-order valence-corrected chi connectivity index (χ4v) is 5.10. The molecule has 33 heavy (non-hydrogen) atoms. The van der Waals surface area contributed by atoms with E-state index < -0.39 is 6.17 Å². The number of alkyl halides is 1. The highest BCUT2D eigenvalue weighted by Gasteiger charge is 2.32. The molecule has 0 aliphatic carbocycles. The molecule has 3 heterocycles. The summed E-state index contributed by atoms with van der Waals surface area (Å²) in [7, 11) is 0. The summed E-state index contributed by atoms with van der Waals surface area (Å²) in [5.74, 6) is 0. The van der Waals surface area contributed by atoms with Gasteiger partial charge in [0.15, 0.2) is 0 Å². The van der Waals surface area contributed by atoms with Crippen molar-refractivity contribution in [1.82, 2.24) is 24.6 Å². The summed E-state index contributed by atoms with van der Waals surface area (Å²) >= 11 is 0. The molecule has 0 bridgehead atoms. The maximum absolute atomic E-state index is 15.2. The molecule has 2 aromatic heterocycles. The Morgan fingerprint density at radius 1 is 1.12 bits per heavy atom. The van der Waals surface area contributed by atoms with Crippen LogP contribution in [0.3, 0.4) is 0 Å². The summed E-state index contributed by atoms with van der Waals surface area (Å²) < 4.78 is 17.1. The Kier molecular flexibility index (Phi) is 6.39. The SMILES string of the molecule is CCN(c1ccccc1)[C@H]1CCN(CCCc2c[nH]c3ccc(-n4cnnc4)cc23)C[C@@H]1F. The average Bonchev–Trinajstić information content (AvgIpc) is 3.52. The Balaban J connectivity index is 1.18. The van der Waals surface area contributed by atoms with Crippen molar-refractivity contribution in [2.75, 3.05) is 31.1 Å². The Labute approximate surface area is 194 Å². The Bertz CT molecular complexity index is 1160. The standard InChI is InChI=1S/C26H31FN6/c1-2-33(21-8-4-3-5-9-21)26-12-14-31(17-24(26)27)13-6-7-20-16-28-25-11-10-22(15-23(20)25)32-18-29-30-19-32/h3-5,8-11,15-16,18-19,24,26,28H,2,6-7,12-14,17H2,1H3/t24-,26-/m0/s1. The molecule has 1 aliphatic heterocycles. The van der Waals surface area contributed by atoms with E-state index in [1.165, 1.54) is 10.9 Å². The van der Waals surface area contributed by atoms with Crippen LogP contribution in [0.4, 0.5) is 10.1 Å². The summed E-state index contributed by atoms with van der Waals surface area (Å²) in [6, 6.07) is 16.5. The van der Waals surface area contributed by atoms with Crippen LogP contribution in [0.2, 0.25) is 0 Å². The van der Waals surface area contributed by atoms with Gasteiger partial charge < -0.3 is 14.8 Å². The first-order chi connectivity index (χ1) is 16.2. The largest absolute Gasteiger partial charge is 0.366 e. The fraction of sp³-hybridized carbons (Fsp3) is 0.385. The van der Waals surface area contributed by atoms with Gasteiger partial charge in [0.25, 0.3) is 0 Å². The number of piperidine rings is 1. The van der Waals surface area contributed by atoms with Crippen molar-refractivity contribution in [3.05, 3.63) is 72.9 Å². The zero-order chi connectivity index (χ0) is 22.6. The normalized spacial score (nSPS) is 19.2. The molecule has 0 unspecified atom stereocenters. The van der Waals surface area contributed by atoms with Gasteiger partial charge in [-0.3, -0.25) is 4.57 Å². The minimum absolute atomic E-state index is 0.0432. The number of H-pyrrole nitrogens is 1. The first-order valence-electron chi connectivity index (χ1n) is 11.9. The van der Waals surface area contributed by atoms with Gasteiger partial charge in [-0.1, -0.05) is 18.2 Å². The van der Waals surface area contributed by atoms with E-state index in [0.717, 1.165) is 55.8 Å². The molecule has 6 nitrogen and oxygen atoms in total. The highest BCUT2D eigenvalue weighted by molar-refractivity contribution is 5.85. The van der Waals surface area contributed by atoms with Crippen LogP contribution < -0.4 is 4.90 Å². The molecule has 1 aliphatic rings. The molecule has 4 aromatic rings. The van der Waals surface area contributed by atoms with Gasteiger partial charge in [-0.05, 0) is 68.6 Å². The molecule has 0 amide bonds. The van der Waals surface area contributed by atoms with Crippen molar-refractivity contribution in [2.24, 2.45) is 0 Å². The third kappa shape index (κ3) is 4.64. The number of anilines is 1. The quantitative estimate of drug-likeness (QED) is 0.429. The molecular formula is C26H31FN6. The molecule has 0 saturated carbocycles. The van der Waals surface area contributed by atoms with Crippen LogP contribution in [-0.2, 0) is 6.42 Å². The number of benzene rings is 2. The number of hydrogen-bond acceptors (Lipinski definition) is 4. The fourth-order valence-electron chi connectivity index (χ4n) is 5.10. The third-order valence-electron chi connectivity index (χ3n) is 6.81. The molecule has 1 saturated heterocycles.